The molecule has 1 aliphatic rings. The summed E-state index contributed by atoms with van der Waals surface area (Å²) in [5.74, 6) is 0.515. The fraction of sp³-hybridized carbons (Fsp3) is 0.400. The van der Waals surface area contributed by atoms with Crippen LogP contribution in [0.25, 0.3) is 5.65 Å². The maximum atomic E-state index is 12.5. The van der Waals surface area contributed by atoms with Crippen molar-refractivity contribution in [3.8, 4) is 5.75 Å². The first-order valence-corrected chi connectivity index (χ1v) is 11.3. The van der Waals surface area contributed by atoms with Gasteiger partial charge in [0.2, 0.25) is 5.91 Å². The monoisotopic (exact) mass is 434 g/mol. The third kappa shape index (κ3) is 5.66. The number of pyridine rings is 1. The van der Waals surface area contributed by atoms with E-state index >= 15 is 0 Å². The number of benzene rings is 1. The van der Waals surface area contributed by atoms with Gasteiger partial charge in [0.05, 0.1) is 5.69 Å². The molecule has 4 rings (SSSR count). The van der Waals surface area contributed by atoms with Gasteiger partial charge in [-0.25, -0.2) is 4.98 Å². The molecule has 0 atom stereocenters. The molecule has 32 heavy (non-hydrogen) atoms. The average Bonchev–Trinajstić information content (AvgIpc) is 3.00. The predicted octanol–water partition coefficient (Wildman–Crippen LogP) is 3.74. The quantitative estimate of drug-likeness (QED) is 0.615. The zero-order valence-electron chi connectivity index (χ0n) is 18.5. The van der Waals surface area contributed by atoms with Crippen molar-refractivity contribution in [2.45, 2.75) is 45.6 Å². The van der Waals surface area contributed by atoms with Gasteiger partial charge in [0.15, 0.2) is 0 Å². The molecule has 1 aliphatic heterocycles. The third-order valence-corrected chi connectivity index (χ3v) is 5.71. The van der Waals surface area contributed by atoms with E-state index in [1.54, 1.807) is 18.2 Å². The van der Waals surface area contributed by atoms with Crippen molar-refractivity contribution in [2.24, 2.45) is 0 Å². The van der Waals surface area contributed by atoms with Gasteiger partial charge in [0.25, 0.3) is 5.91 Å². The number of fused-ring (bicyclic) bond motifs is 1. The Hall–Kier alpha value is -3.35. The van der Waals surface area contributed by atoms with E-state index in [1.807, 2.05) is 46.8 Å². The fourth-order valence-corrected chi connectivity index (χ4v) is 3.97. The molecule has 3 aromatic rings. The maximum Gasteiger partial charge on any atom is 0.251 e. The smallest absolute Gasteiger partial charge is 0.251 e. The molecule has 0 aliphatic carbocycles. The van der Waals surface area contributed by atoms with E-state index in [-0.39, 0.29) is 11.8 Å². The summed E-state index contributed by atoms with van der Waals surface area (Å²) in [6.45, 7) is 4.35. The van der Waals surface area contributed by atoms with Crippen LogP contribution in [-0.2, 0) is 11.4 Å². The molecule has 1 saturated heterocycles. The first-order chi connectivity index (χ1) is 15.6. The van der Waals surface area contributed by atoms with Crippen LogP contribution in [0.4, 0.5) is 0 Å². The number of hydrogen-bond donors (Lipinski definition) is 1. The Morgan fingerprint density at radius 2 is 1.88 bits per heavy atom. The van der Waals surface area contributed by atoms with Crippen molar-refractivity contribution in [1.29, 1.82) is 0 Å². The summed E-state index contributed by atoms with van der Waals surface area (Å²) in [6, 6.07) is 11.1. The van der Waals surface area contributed by atoms with Gasteiger partial charge in [-0.15, -0.1) is 0 Å². The van der Waals surface area contributed by atoms with Crippen molar-refractivity contribution in [3.05, 3.63) is 65.6 Å². The van der Waals surface area contributed by atoms with Gasteiger partial charge in [-0.3, -0.25) is 9.59 Å². The molecular weight excluding hydrogens is 404 g/mol. The Bertz CT molecular complexity index is 1080. The minimum atomic E-state index is -0.206. The van der Waals surface area contributed by atoms with Crippen molar-refractivity contribution < 1.29 is 14.3 Å². The van der Waals surface area contributed by atoms with E-state index in [4.69, 9.17) is 4.74 Å². The van der Waals surface area contributed by atoms with Crippen molar-refractivity contribution in [2.75, 3.05) is 19.6 Å². The molecule has 2 amide bonds. The second-order valence-electron chi connectivity index (χ2n) is 8.32. The number of aromatic nitrogens is 2. The van der Waals surface area contributed by atoms with Crippen LogP contribution in [0.3, 0.4) is 0 Å². The number of nitrogens with one attached hydrogen (secondary N) is 1. The summed E-state index contributed by atoms with van der Waals surface area (Å²) < 4.78 is 7.84. The lowest BCUT2D eigenvalue weighted by Crippen LogP contribution is -2.35. The number of rotatable bonds is 7. The van der Waals surface area contributed by atoms with Gasteiger partial charge >= 0.3 is 0 Å². The molecule has 1 fully saturated rings. The largest absolute Gasteiger partial charge is 0.487 e. The lowest BCUT2D eigenvalue weighted by atomic mass is 10.2. The Balaban J connectivity index is 1.27. The highest BCUT2D eigenvalue weighted by atomic mass is 16.5. The van der Waals surface area contributed by atoms with E-state index in [0.29, 0.717) is 30.9 Å². The molecule has 3 heterocycles. The molecule has 0 radical (unpaired) electrons. The minimum Gasteiger partial charge on any atom is -0.487 e. The number of carbonyl (C=O) groups is 2. The molecule has 7 heteroatoms. The molecule has 0 unspecified atom stereocenters. The van der Waals surface area contributed by atoms with E-state index in [0.717, 1.165) is 42.8 Å². The van der Waals surface area contributed by atoms with E-state index < -0.39 is 0 Å². The predicted molar refractivity (Wildman–Crippen MR) is 123 cm³/mol. The van der Waals surface area contributed by atoms with Crippen LogP contribution in [-0.4, -0.2) is 45.7 Å². The summed E-state index contributed by atoms with van der Waals surface area (Å²) in [6.07, 6.45) is 8.81. The highest BCUT2D eigenvalue weighted by Gasteiger charge is 2.15. The van der Waals surface area contributed by atoms with Gasteiger partial charge < -0.3 is 19.4 Å². The number of amides is 2. The van der Waals surface area contributed by atoms with Crippen LogP contribution in [0, 0.1) is 6.92 Å². The van der Waals surface area contributed by atoms with Crippen LogP contribution in [0.2, 0.25) is 0 Å². The molecule has 0 spiro atoms. The summed E-state index contributed by atoms with van der Waals surface area (Å²) in [5.41, 5.74) is 3.36. The van der Waals surface area contributed by atoms with Crippen molar-refractivity contribution in [3.63, 3.8) is 0 Å². The summed E-state index contributed by atoms with van der Waals surface area (Å²) in [5, 5.41) is 2.85. The Labute approximate surface area is 188 Å². The minimum absolute atomic E-state index is 0.118. The summed E-state index contributed by atoms with van der Waals surface area (Å²) in [4.78, 5) is 31.4. The molecule has 0 bridgehead atoms. The number of imidazole rings is 1. The zero-order chi connectivity index (χ0) is 22.3. The second kappa shape index (κ2) is 10.3. The fourth-order valence-electron chi connectivity index (χ4n) is 3.97. The van der Waals surface area contributed by atoms with Gasteiger partial charge in [-0.05, 0) is 49.6 Å². The number of ether oxygens (including phenoxy) is 1. The summed E-state index contributed by atoms with van der Waals surface area (Å²) >= 11 is 0. The SMILES string of the molecule is Cc1ccc2nc(COc3cccc(C(=O)NCCC(=O)N4CCCCCC4)c3)cn2c1. The average molecular weight is 435 g/mol. The van der Waals surface area contributed by atoms with E-state index in [9.17, 15) is 9.59 Å². The standard InChI is InChI=1S/C25H30N4O3/c1-19-9-10-23-27-21(17-29(23)16-19)18-32-22-8-6-7-20(15-22)25(31)26-12-11-24(30)28-13-4-2-3-5-14-28/h6-10,15-17H,2-5,11-14,18H2,1H3,(H,26,31). The molecule has 168 valence electrons. The van der Waals surface area contributed by atoms with Crippen LogP contribution >= 0.6 is 0 Å². The van der Waals surface area contributed by atoms with Gasteiger partial charge in [0, 0.05) is 44.0 Å². The van der Waals surface area contributed by atoms with E-state index in [2.05, 4.69) is 10.3 Å². The third-order valence-electron chi connectivity index (χ3n) is 5.71. The normalized spacial score (nSPS) is 14.2. The molecule has 0 saturated carbocycles. The summed E-state index contributed by atoms with van der Waals surface area (Å²) in [7, 11) is 0. The molecular formula is C25H30N4O3. The topological polar surface area (TPSA) is 75.9 Å². The van der Waals surface area contributed by atoms with Crippen LogP contribution < -0.4 is 10.1 Å². The molecule has 2 aromatic heterocycles. The second-order valence-corrected chi connectivity index (χ2v) is 8.32. The number of aryl methyl sites for hydroxylation is 1. The van der Waals surface area contributed by atoms with Crippen molar-refractivity contribution >= 4 is 17.5 Å². The number of carbonyl (C=O) groups excluding carboxylic acids is 2. The van der Waals surface area contributed by atoms with Crippen molar-refractivity contribution in [1.82, 2.24) is 19.6 Å². The molecule has 1 aromatic carbocycles. The highest BCUT2D eigenvalue weighted by Crippen LogP contribution is 2.16. The van der Waals surface area contributed by atoms with E-state index in [1.165, 1.54) is 12.8 Å². The lowest BCUT2D eigenvalue weighted by molar-refractivity contribution is -0.131. The first kappa shape index (κ1) is 21.9. The first-order valence-electron chi connectivity index (χ1n) is 11.3. The maximum absolute atomic E-state index is 12.5. The Kier molecular flexibility index (Phi) is 7.04. The number of likely N-dealkylation sites (tertiary alicyclic amines) is 1. The Morgan fingerprint density at radius 3 is 2.69 bits per heavy atom. The van der Waals surface area contributed by atoms with Crippen LogP contribution in [0.1, 0.15) is 53.7 Å². The Morgan fingerprint density at radius 1 is 1.06 bits per heavy atom. The highest BCUT2D eigenvalue weighted by molar-refractivity contribution is 5.94. The number of nitrogens with zero attached hydrogens (tertiary/aromatic N) is 3. The van der Waals surface area contributed by atoms with Gasteiger partial charge in [-0.2, -0.15) is 0 Å². The molecule has 7 nitrogen and oxygen atoms in total. The van der Waals surface area contributed by atoms with Gasteiger partial charge in [0.1, 0.15) is 18.0 Å². The molecule has 1 N–H and O–H groups in total. The van der Waals surface area contributed by atoms with Crippen LogP contribution in [0.15, 0.2) is 48.8 Å². The lowest BCUT2D eigenvalue weighted by Gasteiger charge is -2.20. The zero-order valence-corrected chi connectivity index (χ0v) is 18.5. The van der Waals surface area contributed by atoms with Crippen LogP contribution in [0.5, 0.6) is 5.75 Å². The number of hydrogen-bond acceptors (Lipinski definition) is 4. The van der Waals surface area contributed by atoms with Gasteiger partial charge in [-0.1, -0.05) is 25.0 Å².